The standard InChI is InChI=1S/C34H47F3O5S/c1-22(29(20-32(38)17-18-42-21-32)43(40,41)24-7-5-4-6-8-24)26-11-12-27-25-10-9-23-19-33(39,34(35,36)37)16-15-30(23,2)28(25)13-14-31(26,27)3/h4-9,22,25-29,38-39H,10-21H2,1-3H3/t22-,25-,26+,27-,28-,29?,30-,31+,32?,33-/m0/s1. The molecule has 0 spiro atoms. The summed E-state index contributed by atoms with van der Waals surface area (Å²) in [6.07, 6.45) is 2.07. The molecule has 3 saturated carbocycles. The highest BCUT2D eigenvalue weighted by molar-refractivity contribution is 7.92. The van der Waals surface area contributed by atoms with Crippen molar-refractivity contribution in [1.82, 2.24) is 0 Å². The number of hydrogen-bond acceptors (Lipinski definition) is 5. The Balaban J connectivity index is 1.28. The number of benzene rings is 1. The van der Waals surface area contributed by atoms with Gasteiger partial charge < -0.3 is 14.9 Å². The average molecular weight is 625 g/mol. The maximum atomic E-state index is 14.2. The van der Waals surface area contributed by atoms with Gasteiger partial charge >= 0.3 is 6.18 Å². The van der Waals surface area contributed by atoms with E-state index in [1.807, 2.05) is 6.08 Å². The van der Waals surface area contributed by atoms with Crippen molar-refractivity contribution in [2.75, 3.05) is 13.2 Å². The van der Waals surface area contributed by atoms with Gasteiger partial charge in [-0.15, -0.1) is 0 Å². The second-order valence-corrected chi connectivity index (χ2v) is 17.3. The van der Waals surface area contributed by atoms with Crippen molar-refractivity contribution < 1.29 is 36.5 Å². The van der Waals surface area contributed by atoms with E-state index in [0.717, 1.165) is 31.3 Å². The van der Waals surface area contributed by atoms with Gasteiger partial charge in [-0.25, -0.2) is 8.42 Å². The minimum absolute atomic E-state index is 0.0943. The predicted molar refractivity (Wildman–Crippen MR) is 158 cm³/mol. The van der Waals surface area contributed by atoms with Gasteiger partial charge in [-0.05, 0) is 104 Å². The first-order valence-corrected chi connectivity index (χ1v) is 17.7. The highest BCUT2D eigenvalue weighted by Crippen LogP contribution is 2.68. The molecule has 5 aliphatic rings. The Morgan fingerprint density at radius 2 is 1.72 bits per heavy atom. The van der Waals surface area contributed by atoms with E-state index in [-0.39, 0.29) is 59.3 Å². The molecular weight excluding hydrogens is 577 g/mol. The number of aliphatic hydroxyl groups is 2. The van der Waals surface area contributed by atoms with Gasteiger partial charge in [0, 0.05) is 19.4 Å². The van der Waals surface area contributed by atoms with Crippen LogP contribution in [0.3, 0.4) is 0 Å². The first-order chi connectivity index (χ1) is 20.0. The maximum absolute atomic E-state index is 14.2. The summed E-state index contributed by atoms with van der Waals surface area (Å²) in [5.41, 5.74) is -3.49. The Morgan fingerprint density at radius 1 is 1.00 bits per heavy atom. The van der Waals surface area contributed by atoms with E-state index in [2.05, 4.69) is 20.8 Å². The number of fused-ring (bicyclic) bond motifs is 5. The number of allylic oxidation sites excluding steroid dienone is 1. The van der Waals surface area contributed by atoms with Gasteiger partial charge in [-0.1, -0.05) is 50.6 Å². The number of alkyl halides is 3. The van der Waals surface area contributed by atoms with Gasteiger partial charge in [-0.2, -0.15) is 13.2 Å². The number of rotatable bonds is 6. The smallest absolute Gasteiger partial charge is 0.387 e. The zero-order chi connectivity index (χ0) is 31.1. The second kappa shape index (κ2) is 10.6. The molecule has 0 bridgehead atoms. The number of hydrogen-bond donors (Lipinski definition) is 2. The maximum Gasteiger partial charge on any atom is 0.417 e. The third-order valence-corrected chi connectivity index (χ3v) is 15.4. The minimum Gasteiger partial charge on any atom is -0.387 e. The summed E-state index contributed by atoms with van der Waals surface area (Å²) in [5, 5.41) is 21.1. The van der Waals surface area contributed by atoms with E-state index in [1.165, 1.54) is 0 Å². The topological polar surface area (TPSA) is 83.8 Å². The predicted octanol–water partition coefficient (Wildman–Crippen LogP) is 6.88. The number of sulfone groups is 1. The van der Waals surface area contributed by atoms with Crippen LogP contribution in [0.15, 0.2) is 46.9 Å². The number of halogens is 3. The molecule has 43 heavy (non-hydrogen) atoms. The minimum atomic E-state index is -4.64. The van der Waals surface area contributed by atoms with Crippen molar-refractivity contribution in [3.8, 4) is 0 Å². The van der Waals surface area contributed by atoms with Crippen LogP contribution < -0.4 is 0 Å². The van der Waals surface area contributed by atoms with E-state index in [9.17, 15) is 31.8 Å². The van der Waals surface area contributed by atoms with Crippen molar-refractivity contribution in [3.05, 3.63) is 42.0 Å². The van der Waals surface area contributed by atoms with E-state index >= 15 is 0 Å². The monoisotopic (exact) mass is 624 g/mol. The Labute approximate surface area is 254 Å². The van der Waals surface area contributed by atoms with Gasteiger partial charge in [0.1, 0.15) is 0 Å². The Kier molecular flexibility index (Phi) is 7.75. The quantitative estimate of drug-likeness (QED) is 0.337. The van der Waals surface area contributed by atoms with Crippen LogP contribution in [-0.2, 0) is 14.6 Å². The number of ether oxygens (including phenoxy) is 1. The largest absolute Gasteiger partial charge is 0.417 e. The normalized spacial score (nSPS) is 42.8. The average Bonchev–Trinajstić information content (AvgIpc) is 3.54. The molecule has 9 heteroatoms. The molecule has 2 unspecified atom stereocenters. The van der Waals surface area contributed by atoms with Crippen molar-refractivity contribution in [3.63, 3.8) is 0 Å². The molecule has 1 aliphatic heterocycles. The molecule has 1 aromatic rings. The lowest BCUT2D eigenvalue weighted by molar-refractivity contribution is -0.271. The van der Waals surface area contributed by atoms with Gasteiger partial charge in [0.25, 0.3) is 0 Å². The molecule has 0 amide bonds. The lowest BCUT2D eigenvalue weighted by atomic mass is 9.46. The first kappa shape index (κ1) is 31.6. The molecule has 5 nitrogen and oxygen atoms in total. The Morgan fingerprint density at radius 3 is 2.37 bits per heavy atom. The summed E-state index contributed by atoms with van der Waals surface area (Å²) < 4.78 is 75.2. The lowest BCUT2D eigenvalue weighted by Gasteiger charge is -2.59. The van der Waals surface area contributed by atoms with Crippen LogP contribution in [0.5, 0.6) is 0 Å². The zero-order valence-corrected chi connectivity index (χ0v) is 26.4. The van der Waals surface area contributed by atoms with Crippen LogP contribution in [0.4, 0.5) is 13.2 Å². The molecule has 240 valence electrons. The van der Waals surface area contributed by atoms with Crippen molar-refractivity contribution in [2.24, 2.45) is 40.4 Å². The molecule has 10 atom stereocenters. The molecule has 1 aromatic carbocycles. The molecule has 4 aliphatic carbocycles. The molecule has 2 N–H and O–H groups in total. The van der Waals surface area contributed by atoms with E-state index in [0.29, 0.717) is 37.7 Å². The van der Waals surface area contributed by atoms with E-state index in [4.69, 9.17) is 4.74 Å². The van der Waals surface area contributed by atoms with Crippen LogP contribution in [0.25, 0.3) is 0 Å². The summed E-state index contributed by atoms with van der Waals surface area (Å²) in [6.45, 7) is 7.08. The summed E-state index contributed by atoms with van der Waals surface area (Å²) in [5.74, 6) is 0.904. The first-order valence-electron chi connectivity index (χ1n) is 16.1. The van der Waals surface area contributed by atoms with Gasteiger partial charge in [0.15, 0.2) is 15.4 Å². The van der Waals surface area contributed by atoms with Crippen LogP contribution >= 0.6 is 0 Å². The van der Waals surface area contributed by atoms with Crippen molar-refractivity contribution in [2.45, 2.75) is 113 Å². The fourth-order valence-electron chi connectivity index (χ4n) is 10.5. The van der Waals surface area contributed by atoms with E-state index < -0.39 is 32.5 Å². The van der Waals surface area contributed by atoms with Crippen LogP contribution in [0.2, 0.25) is 0 Å². The zero-order valence-electron chi connectivity index (χ0n) is 25.6. The summed E-state index contributed by atoms with van der Waals surface area (Å²) in [4.78, 5) is 0.284. The highest BCUT2D eigenvalue weighted by Gasteiger charge is 2.64. The summed E-state index contributed by atoms with van der Waals surface area (Å²) in [6, 6.07) is 8.57. The fraction of sp³-hybridized carbons (Fsp3) is 0.765. The molecule has 6 rings (SSSR count). The van der Waals surface area contributed by atoms with Crippen molar-refractivity contribution >= 4 is 9.84 Å². The third kappa shape index (κ3) is 5.03. The van der Waals surface area contributed by atoms with Gasteiger partial charge in [0.2, 0.25) is 0 Å². The van der Waals surface area contributed by atoms with Crippen LogP contribution in [0.1, 0.15) is 85.0 Å². The van der Waals surface area contributed by atoms with Crippen LogP contribution in [0, 0.1) is 40.4 Å². The Hall–Kier alpha value is -1.42. The van der Waals surface area contributed by atoms with E-state index in [1.54, 1.807) is 30.3 Å². The molecule has 0 radical (unpaired) electrons. The van der Waals surface area contributed by atoms with Gasteiger partial charge in [0.05, 0.1) is 22.4 Å². The summed E-state index contributed by atoms with van der Waals surface area (Å²) >= 11 is 0. The lowest BCUT2D eigenvalue weighted by Crippen LogP contribution is -2.56. The highest BCUT2D eigenvalue weighted by atomic mass is 32.2. The third-order valence-electron chi connectivity index (χ3n) is 13.1. The molecule has 4 fully saturated rings. The Bertz CT molecular complexity index is 1340. The molecular formula is C34H47F3O5S. The van der Waals surface area contributed by atoms with Gasteiger partial charge in [-0.3, -0.25) is 0 Å². The van der Waals surface area contributed by atoms with Crippen molar-refractivity contribution in [1.29, 1.82) is 0 Å². The SMILES string of the molecule is C[C@H](C(CC1(O)CCOC1)S(=O)(=O)c1ccccc1)[C@H]1CC[C@H]2[C@@H]3CC=C4C[C@](O)(C(F)(F)F)CC[C@]4(C)[C@H]3CC[C@]12C. The summed E-state index contributed by atoms with van der Waals surface area (Å²) in [7, 11) is -3.74. The van der Waals surface area contributed by atoms with Crippen LogP contribution in [-0.4, -0.2) is 54.5 Å². The molecule has 0 aromatic heterocycles. The second-order valence-electron chi connectivity index (χ2n) is 15.2. The molecule has 1 heterocycles. The molecule has 1 saturated heterocycles. The fourth-order valence-corrected chi connectivity index (χ4v) is 12.7.